The number of nitrogens with two attached hydrogens (primary N) is 1. The predicted molar refractivity (Wildman–Crippen MR) is 74.3 cm³/mol. The number of carbonyl (C=O) groups excluding carboxylic acids is 1. The molecule has 0 aromatic heterocycles. The van der Waals surface area contributed by atoms with Crippen molar-refractivity contribution in [3.63, 3.8) is 0 Å². The van der Waals surface area contributed by atoms with Gasteiger partial charge >= 0.3 is 5.97 Å². The maximum Gasteiger partial charge on any atom is 0.335 e. The molecule has 0 spiro atoms. The van der Waals surface area contributed by atoms with Crippen LogP contribution in [0.1, 0.15) is 29.6 Å². The van der Waals surface area contributed by atoms with Gasteiger partial charge in [-0.05, 0) is 49.3 Å². The molecule has 0 saturated heterocycles. The third kappa shape index (κ3) is 2.40. The summed E-state index contributed by atoms with van der Waals surface area (Å²) in [6.45, 7) is 0. The summed E-state index contributed by atoms with van der Waals surface area (Å²) in [6.07, 6.45) is 2.99. The van der Waals surface area contributed by atoms with Gasteiger partial charge in [-0.15, -0.1) is 0 Å². The van der Waals surface area contributed by atoms with E-state index < -0.39 is 11.8 Å². The molecule has 1 amide bonds. The maximum absolute atomic E-state index is 13.7. The van der Waals surface area contributed by atoms with Crippen LogP contribution in [-0.2, 0) is 4.79 Å². The van der Waals surface area contributed by atoms with Gasteiger partial charge in [-0.3, -0.25) is 4.79 Å². The van der Waals surface area contributed by atoms with Crippen LogP contribution in [0.5, 0.6) is 0 Å². The fourth-order valence-electron chi connectivity index (χ4n) is 3.69. The first kappa shape index (κ1) is 14.0. The van der Waals surface area contributed by atoms with Crippen LogP contribution in [0.15, 0.2) is 18.2 Å². The molecule has 3 rings (SSSR count). The van der Waals surface area contributed by atoms with Gasteiger partial charge in [0.05, 0.1) is 17.2 Å². The molecule has 2 saturated carbocycles. The van der Waals surface area contributed by atoms with Crippen LogP contribution in [0, 0.1) is 23.6 Å². The first-order valence-electron chi connectivity index (χ1n) is 7.06. The summed E-state index contributed by atoms with van der Waals surface area (Å²) >= 11 is 0. The van der Waals surface area contributed by atoms with Crippen molar-refractivity contribution >= 4 is 17.6 Å². The lowest BCUT2D eigenvalue weighted by molar-refractivity contribution is -0.121. The molecule has 0 radical (unpaired) electrons. The molecule has 2 fully saturated rings. The number of halogens is 1. The Morgan fingerprint density at radius 1 is 1.29 bits per heavy atom. The van der Waals surface area contributed by atoms with Crippen molar-refractivity contribution in [2.75, 3.05) is 5.32 Å². The summed E-state index contributed by atoms with van der Waals surface area (Å²) < 4.78 is 13.7. The minimum Gasteiger partial charge on any atom is -0.478 e. The van der Waals surface area contributed by atoms with Gasteiger partial charge in [0.2, 0.25) is 5.91 Å². The van der Waals surface area contributed by atoms with Gasteiger partial charge in [0.1, 0.15) is 5.82 Å². The fraction of sp³-hybridized carbons (Fsp3) is 0.467. The topological polar surface area (TPSA) is 92.4 Å². The summed E-state index contributed by atoms with van der Waals surface area (Å²) in [5.74, 6) is -1.79. The molecule has 6 heteroatoms. The lowest BCUT2D eigenvalue weighted by Gasteiger charge is -2.27. The lowest BCUT2D eigenvalue weighted by Crippen LogP contribution is -2.42. The van der Waals surface area contributed by atoms with E-state index in [-0.39, 0.29) is 35.0 Å². The molecule has 5 nitrogen and oxygen atoms in total. The summed E-state index contributed by atoms with van der Waals surface area (Å²) in [7, 11) is 0. The number of benzene rings is 1. The Morgan fingerprint density at radius 3 is 2.62 bits per heavy atom. The Kier molecular flexibility index (Phi) is 3.41. The zero-order valence-electron chi connectivity index (χ0n) is 11.4. The van der Waals surface area contributed by atoms with Gasteiger partial charge in [-0.25, -0.2) is 9.18 Å². The van der Waals surface area contributed by atoms with E-state index in [1.54, 1.807) is 0 Å². The molecule has 2 aliphatic carbocycles. The van der Waals surface area contributed by atoms with E-state index >= 15 is 0 Å². The molecule has 2 aliphatic rings. The molecular weight excluding hydrogens is 275 g/mol. The van der Waals surface area contributed by atoms with E-state index in [9.17, 15) is 14.0 Å². The largest absolute Gasteiger partial charge is 0.478 e. The molecule has 4 atom stereocenters. The summed E-state index contributed by atoms with van der Waals surface area (Å²) in [5, 5.41) is 11.4. The van der Waals surface area contributed by atoms with Crippen molar-refractivity contribution in [1.82, 2.24) is 0 Å². The second kappa shape index (κ2) is 5.11. The Labute approximate surface area is 121 Å². The second-order valence-corrected chi connectivity index (χ2v) is 5.93. The molecule has 1 aromatic carbocycles. The number of amides is 1. The second-order valence-electron chi connectivity index (χ2n) is 5.93. The quantitative estimate of drug-likeness (QED) is 0.792. The Morgan fingerprint density at radius 2 is 2.00 bits per heavy atom. The van der Waals surface area contributed by atoms with E-state index in [1.165, 1.54) is 0 Å². The fourth-order valence-corrected chi connectivity index (χ4v) is 3.69. The van der Waals surface area contributed by atoms with Crippen LogP contribution in [0.3, 0.4) is 0 Å². The number of nitrogens with one attached hydrogen (secondary N) is 1. The summed E-state index contributed by atoms with van der Waals surface area (Å²) in [5.41, 5.74) is 5.92. The monoisotopic (exact) mass is 292 g/mol. The first-order valence-corrected chi connectivity index (χ1v) is 7.06. The highest BCUT2D eigenvalue weighted by molar-refractivity contribution is 5.95. The Balaban J connectivity index is 1.79. The molecule has 4 unspecified atom stereocenters. The zero-order valence-corrected chi connectivity index (χ0v) is 11.4. The van der Waals surface area contributed by atoms with Gasteiger partial charge in [0.15, 0.2) is 0 Å². The molecule has 112 valence electrons. The summed E-state index contributed by atoms with van der Waals surface area (Å²) in [6, 6.07) is 3.15. The predicted octanol–water partition coefficient (Wildman–Crippen LogP) is 1.84. The van der Waals surface area contributed by atoms with Crippen LogP contribution < -0.4 is 11.1 Å². The van der Waals surface area contributed by atoms with Gasteiger partial charge in [-0.1, -0.05) is 0 Å². The normalized spacial score (nSPS) is 30.4. The van der Waals surface area contributed by atoms with Gasteiger partial charge in [0.25, 0.3) is 0 Å². The van der Waals surface area contributed by atoms with Gasteiger partial charge < -0.3 is 16.2 Å². The molecular formula is C15H17FN2O3. The molecule has 2 bridgehead atoms. The molecule has 0 aliphatic heterocycles. The number of rotatable bonds is 3. The van der Waals surface area contributed by atoms with Crippen molar-refractivity contribution < 1.29 is 19.1 Å². The van der Waals surface area contributed by atoms with Crippen molar-refractivity contribution in [2.45, 2.75) is 25.3 Å². The third-order valence-electron chi connectivity index (χ3n) is 4.75. The SMILES string of the molecule is NC1C2CCC(C2)C1C(=O)Nc1cc(C(=O)O)ccc1F. The van der Waals surface area contributed by atoms with Crippen molar-refractivity contribution in [2.24, 2.45) is 23.5 Å². The number of carbonyl (C=O) groups is 2. The highest BCUT2D eigenvalue weighted by Crippen LogP contribution is 2.47. The number of anilines is 1. The lowest BCUT2D eigenvalue weighted by atomic mass is 9.84. The van der Waals surface area contributed by atoms with Crippen LogP contribution in [-0.4, -0.2) is 23.0 Å². The maximum atomic E-state index is 13.7. The van der Waals surface area contributed by atoms with Crippen LogP contribution >= 0.6 is 0 Å². The standard InChI is InChI=1S/C15H17FN2O3/c16-10-4-3-9(15(20)21)6-11(10)18-14(19)12-7-1-2-8(5-7)13(12)17/h3-4,6-8,12-13H,1-2,5,17H2,(H,18,19)(H,20,21). The molecule has 21 heavy (non-hydrogen) atoms. The first-order chi connectivity index (χ1) is 9.97. The number of fused-ring (bicyclic) bond motifs is 2. The Hall–Kier alpha value is -1.95. The van der Waals surface area contributed by atoms with Gasteiger partial charge in [-0.2, -0.15) is 0 Å². The number of carboxylic acid groups (broad SMARTS) is 1. The number of carboxylic acids is 1. The van der Waals surface area contributed by atoms with Crippen molar-refractivity contribution in [3.05, 3.63) is 29.6 Å². The van der Waals surface area contributed by atoms with E-state index in [2.05, 4.69) is 5.32 Å². The smallest absolute Gasteiger partial charge is 0.335 e. The van der Waals surface area contributed by atoms with E-state index in [4.69, 9.17) is 10.8 Å². The minimum atomic E-state index is -1.16. The van der Waals surface area contributed by atoms with Crippen molar-refractivity contribution in [1.29, 1.82) is 0 Å². The number of hydrogen-bond donors (Lipinski definition) is 3. The molecule has 1 aromatic rings. The van der Waals surface area contributed by atoms with E-state index in [1.807, 2.05) is 0 Å². The molecule has 4 N–H and O–H groups in total. The zero-order chi connectivity index (χ0) is 15.1. The number of aromatic carboxylic acids is 1. The van der Waals surface area contributed by atoms with E-state index in [0.717, 1.165) is 37.5 Å². The third-order valence-corrected chi connectivity index (χ3v) is 4.75. The van der Waals surface area contributed by atoms with Crippen LogP contribution in [0.4, 0.5) is 10.1 Å². The van der Waals surface area contributed by atoms with Crippen LogP contribution in [0.25, 0.3) is 0 Å². The van der Waals surface area contributed by atoms with Crippen LogP contribution in [0.2, 0.25) is 0 Å². The average molecular weight is 292 g/mol. The van der Waals surface area contributed by atoms with Gasteiger partial charge in [0, 0.05) is 6.04 Å². The Bertz CT molecular complexity index is 603. The highest BCUT2D eigenvalue weighted by Gasteiger charge is 2.49. The number of hydrogen-bond acceptors (Lipinski definition) is 3. The summed E-state index contributed by atoms with van der Waals surface area (Å²) in [4.78, 5) is 23.3. The highest BCUT2D eigenvalue weighted by atomic mass is 19.1. The minimum absolute atomic E-state index is 0.0658. The molecule has 0 heterocycles. The van der Waals surface area contributed by atoms with Crippen molar-refractivity contribution in [3.8, 4) is 0 Å². The average Bonchev–Trinajstić information content (AvgIpc) is 3.01. The van der Waals surface area contributed by atoms with E-state index in [0.29, 0.717) is 5.92 Å².